The van der Waals surface area contributed by atoms with Gasteiger partial charge in [-0.2, -0.15) is 0 Å². The largest absolute Gasteiger partial charge is 0.349 e. The van der Waals surface area contributed by atoms with Crippen molar-refractivity contribution < 1.29 is 4.79 Å². The van der Waals surface area contributed by atoms with Gasteiger partial charge in [-0.1, -0.05) is 18.2 Å². The van der Waals surface area contributed by atoms with Crippen LogP contribution in [0.25, 0.3) is 0 Å². The van der Waals surface area contributed by atoms with E-state index < -0.39 is 0 Å². The number of para-hydroxylation sites is 1. The highest BCUT2D eigenvalue weighted by molar-refractivity contribution is 5.92. The van der Waals surface area contributed by atoms with Gasteiger partial charge in [0.05, 0.1) is 0 Å². The molecule has 2 rings (SSSR count). The summed E-state index contributed by atoms with van der Waals surface area (Å²) in [5.41, 5.74) is 1.99. The van der Waals surface area contributed by atoms with E-state index in [2.05, 4.69) is 20.6 Å². The van der Waals surface area contributed by atoms with Crippen LogP contribution in [0.4, 0.5) is 11.6 Å². The van der Waals surface area contributed by atoms with Crippen molar-refractivity contribution in [1.82, 2.24) is 20.2 Å². The Bertz CT molecular complexity index is 628. The molecule has 0 saturated heterocycles. The minimum atomic E-state index is -0.191. The minimum absolute atomic E-state index is 0.191. The zero-order valence-electron chi connectivity index (χ0n) is 13.1. The molecule has 0 spiro atoms. The molecule has 0 aliphatic carbocycles. The first-order valence-corrected chi connectivity index (χ1v) is 7.15. The molecular formula is C16H21N5O. The van der Waals surface area contributed by atoms with E-state index in [4.69, 9.17) is 0 Å². The normalized spacial score (nSPS) is 10.5. The average Bonchev–Trinajstić information content (AvgIpc) is 2.47. The summed E-state index contributed by atoms with van der Waals surface area (Å²) in [6, 6.07) is 11.3. The second kappa shape index (κ2) is 7.51. The zero-order chi connectivity index (χ0) is 15.9. The number of aryl methyl sites for hydroxylation is 1. The van der Waals surface area contributed by atoms with Crippen molar-refractivity contribution in [1.29, 1.82) is 0 Å². The molecule has 22 heavy (non-hydrogen) atoms. The van der Waals surface area contributed by atoms with Gasteiger partial charge in [0.15, 0.2) is 0 Å². The molecule has 0 bridgehead atoms. The Kier molecular flexibility index (Phi) is 5.43. The summed E-state index contributed by atoms with van der Waals surface area (Å²) in [5, 5.41) is 5.95. The molecule has 0 radical (unpaired) electrons. The number of carbonyl (C=O) groups is 1. The van der Waals surface area contributed by atoms with Crippen molar-refractivity contribution in [2.24, 2.45) is 0 Å². The van der Waals surface area contributed by atoms with Gasteiger partial charge in [-0.25, -0.2) is 9.97 Å². The van der Waals surface area contributed by atoms with Gasteiger partial charge in [-0.3, -0.25) is 4.79 Å². The number of hydrogen-bond acceptors (Lipinski definition) is 5. The molecule has 0 aliphatic rings. The van der Waals surface area contributed by atoms with Crippen molar-refractivity contribution in [3.8, 4) is 0 Å². The van der Waals surface area contributed by atoms with E-state index in [0.29, 0.717) is 18.2 Å². The van der Waals surface area contributed by atoms with Crippen LogP contribution in [0.3, 0.4) is 0 Å². The fourth-order valence-corrected chi connectivity index (χ4v) is 1.87. The Balaban J connectivity index is 2.07. The van der Waals surface area contributed by atoms with Crippen molar-refractivity contribution in [3.05, 3.63) is 47.8 Å². The summed E-state index contributed by atoms with van der Waals surface area (Å²) < 4.78 is 0. The predicted octanol–water partition coefficient (Wildman–Crippen LogP) is 1.82. The number of likely N-dealkylation sites (N-methyl/N-ethyl adjacent to an activating group) is 1. The number of anilines is 2. The minimum Gasteiger partial charge on any atom is -0.349 e. The average molecular weight is 299 g/mol. The van der Waals surface area contributed by atoms with Gasteiger partial charge < -0.3 is 15.5 Å². The van der Waals surface area contributed by atoms with Crippen LogP contribution in [-0.4, -0.2) is 48.0 Å². The first-order valence-electron chi connectivity index (χ1n) is 7.15. The van der Waals surface area contributed by atoms with Crippen molar-refractivity contribution in [2.75, 3.05) is 32.5 Å². The number of benzene rings is 1. The summed E-state index contributed by atoms with van der Waals surface area (Å²) in [4.78, 5) is 22.7. The van der Waals surface area contributed by atoms with E-state index in [-0.39, 0.29) is 5.91 Å². The standard InChI is InChI=1S/C16H21N5O/c1-12-11-14(15(22)17-9-10-21(2)3)20-16(18-12)19-13-7-5-4-6-8-13/h4-8,11H,9-10H2,1-3H3,(H,17,22)(H,18,19,20). The fourth-order valence-electron chi connectivity index (χ4n) is 1.87. The quantitative estimate of drug-likeness (QED) is 0.851. The Morgan fingerprint density at radius 1 is 1.18 bits per heavy atom. The third-order valence-electron chi connectivity index (χ3n) is 2.96. The maximum Gasteiger partial charge on any atom is 0.270 e. The van der Waals surface area contributed by atoms with Crippen LogP contribution in [-0.2, 0) is 0 Å². The van der Waals surface area contributed by atoms with Crippen LogP contribution in [0, 0.1) is 6.92 Å². The van der Waals surface area contributed by atoms with Crippen LogP contribution in [0.2, 0.25) is 0 Å². The Hall–Kier alpha value is -2.47. The molecule has 0 aliphatic heterocycles. The highest BCUT2D eigenvalue weighted by Gasteiger charge is 2.10. The van der Waals surface area contributed by atoms with Crippen LogP contribution in [0.15, 0.2) is 36.4 Å². The lowest BCUT2D eigenvalue weighted by Gasteiger charge is -2.11. The maximum absolute atomic E-state index is 12.1. The van der Waals surface area contributed by atoms with Gasteiger partial charge in [0.1, 0.15) is 5.69 Å². The van der Waals surface area contributed by atoms with Gasteiger partial charge in [0.2, 0.25) is 5.95 Å². The SMILES string of the molecule is Cc1cc(C(=O)NCCN(C)C)nc(Nc2ccccc2)n1. The Labute approximate surface area is 130 Å². The molecule has 6 nitrogen and oxygen atoms in total. The molecule has 2 N–H and O–H groups in total. The van der Waals surface area contributed by atoms with Crippen molar-refractivity contribution in [2.45, 2.75) is 6.92 Å². The van der Waals surface area contributed by atoms with Crippen LogP contribution in [0.1, 0.15) is 16.2 Å². The second-order valence-corrected chi connectivity index (χ2v) is 5.27. The monoisotopic (exact) mass is 299 g/mol. The van der Waals surface area contributed by atoms with Gasteiger partial charge in [0.25, 0.3) is 5.91 Å². The van der Waals surface area contributed by atoms with Gasteiger partial charge in [-0.05, 0) is 39.2 Å². The molecule has 0 atom stereocenters. The third-order valence-corrected chi connectivity index (χ3v) is 2.96. The fraction of sp³-hybridized carbons (Fsp3) is 0.312. The molecule has 6 heteroatoms. The van der Waals surface area contributed by atoms with Crippen LogP contribution in [0.5, 0.6) is 0 Å². The summed E-state index contributed by atoms with van der Waals surface area (Å²) in [6.07, 6.45) is 0. The van der Waals surface area contributed by atoms with E-state index >= 15 is 0 Å². The lowest BCUT2D eigenvalue weighted by Crippen LogP contribution is -2.32. The van der Waals surface area contributed by atoms with Gasteiger partial charge in [-0.15, -0.1) is 0 Å². The van der Waals surface area contributed by atoms with E-state index in [1.54, 1.807) is 6.07 Å². The smallest absolute Gasteiger partial charge is 0.270 e. The summed E-state index contributed by atoms with van der Waals surface area (Å²) in [7, 11) is 3.92. The van der Waals surface area contributed by atoms with E-state index in [0.717, 1.165) is 17.9 Å². The van der Waals surface area contributed by atoms with E-state index in [1.807, 2.05) is 56.3 Å². The maximum atomic E-state index is 12.1. The predicted molar refractivity (Wildman–Crippen MR) is 87.4 cm³/mol. The number of hydrogen-bond donors (Lipinski definition) is 2. The summed E-state index contributed by atoms with van der Waals surface area (Å²) in [5.74, 6) is 0.229. The molecule has 0 unspecified atom stereocenters. The number of aromatic nitrogens is 2. The Morgan fingerprint density at radius 2 is 1.91 bits per heavy atom. The molecule has 116 valence electrons. The molecular weight excluding hydrogens is 278 g/mol. The van der Waals surface area contributed by atoms with E-state index in [9.17, 15) is 4.79 Å². The Morgan fingerprint density at radius 3 is 2.59 bits per heavy atom. The number of nitrogens with zero attached hydrogens (tertiary/aromatic N) is 3. The molecule has 2 aromatic rings. The molecule has 1 heterocycles. The first-order chi connectivity index (χ1) is 10.5. The third kappa shape index (κ3) is 4.82. The van der Waals surface area contributed by atoms with Crippen LogP contribution < -0.4 is 10.6 Å². The lowest BCUT2D eigenvalue weighted by molar-refractivity contribution is 0.0946. The molecule has 0 saturated carbocycles. The van der Waals surface area contributed by atoms with E-state index in [1.165, 1.54) is 0 Å². The van der Waals surface area contributed by atoms with Crippen molar-refractivity contribution >= 4 is 17.5 Å². The zero-order valence-corrected chi connectivity index (χ0v) is 13.1. The van der Waals surface area contributed by atoms with Gasteiger partial charge >= 0.3 is 0 Å². The van der Waals surface area contributed by atoms with Crippen molar-refractivity contribution in [3.63, 3.8) is 0 Å². The number of amides is 1. The number of carbonyl (C=O) groups excluding carboxylic acids is 1. The van der Waals surface area contributed by atoms with Crippen LogP contribution >= 0.6 is 0 Å². The highest BCUT2D eigenvalue weighted by atomic mass is 16.1. The summed E-state index contributed by atoms with van der Waals surface area (Å²) >= 11 is 0. The number of nitrogens with one attached hydrogen (secondary N) is 2. The second-order valence-electron chi connectivity index (χ2n) is 5.27. The lowest BCUT2D eigenvalue weighted by atomic mass is 10.3. The topological polar surface area (TPSA) is 70.2 Å². The highest BCUT2D eigenvalue weighted by Crippen LogP contribution is 2.13. The van der Waals surface area contributed by atoms with Gasteiger partial charge in [0, 0.05) is 24.5 Å². The number of rotatable bonds is 6. The molecule has 1 amide bonds. The first kappa shape index (κ1) is 15.9. The molecule has 1 aromatic carbocycles. The summed E-state index contributed by atoms with van der Waals surface area (Å²) in [6.45, 7) is 3.20. The molecule has 0 fully saturated rings. The molecule has 1 aromatic heterocycles.